The van der Waals surface area contributed by atoms with E-state index in [9.17, 15) is 9.59 Å². The van der Waals surface area contributed by atoms with Crippen LogP contribution in [0.3, 0.4) is 0 Å². The molecule has 1 unspecified atom stereocenters. The van der Waals surface area contributed by atoms with Crippen molar-refractivity contribution in [2.75, 3.05) is 13.1 Å². The fraction of sp³-hybridized carbons (Fsp3) is 0.818. The van der Waals surface area contributed by atoms with Gasteiger partial charge in [-0.1, -0.05) is 20.8 Å². The van der Waals surface area contributed by atoms with E-state index in [1.807, 2.05) is 20.8 Å². The molecule has 0 aliphatic heterocycles. The highest BCUT2D eigenvalue weighted by Gasteiger charge is 2.24. The van der Waals surface area contributed by atoms with Crippen molar-refractivity contribution in [1.82, 2.24) is 5.32 Å². The van der Waals surface area contributed by atoms with Crippen LogP contribution in [0.4, 0.5) is 0 Å². The molecule has 1 atom stereocenters. The van der Waals surface area contributed by atoms with Gasteiger partial charge in [-0.2, -0.15) is 0 Å². The number of carbonyl (C=O) groups is 2. The van der Waals surface area contributed by atoms with Crippen molar-refractivity contribution in [3.8, 4) is 0 Å². The van der Waals surface area contributed by atoms with E-state index in [4.69, 9.17) is 10.8 Å². The van der Waals surface area contributed by atoms with Gasteiger partial charge >= 0.3 is 5.97 Å². The zero-order valence-corrected chi connectivity index (χ0v) is 10.2. The molecule has 0 rings (SSSR count). The predicted molar refractivity (Wildman–Crippen MR) is 61.9 cm³/mol. The molecule has 5 nitrogen and oxygen atoms in total. The van der Waals surface area contributed by atoms with Crippen molar-refractivity contribution in [2.45, 2.75) is 33.6 Å². The van der Waals surface area contributed by atoms with Gasteiger partial charge in [-0.25, -0.2) is 0 Å². The lowest BCUT2D eigenvalue weighted by molar-refractivity contribution is -0.142. The molecule has 0 aromatic rings. The third-order valence-corrected chi connectivity index (χ3v) is 2.13. The van der Waals surface area contributed by atoms with E-state index in [-0.39, 0.29) is 30.8 Å². The van der Waals surface area contributed by atoms with E-state index in [1.165, 1.54) is 0 Å². The van der Waals surface area contributed by atoms with Crippen LogP contribution < -0.4 is 11.1 Å². The highest BCUT2D eigenvalue weighted by molar-refractivity contribution is 5.77. The van der Waals surface area contributed by atoms with Gasteiger partial charge in [0.25, 0.3) is 0 Å². The maximum absolute atomic E-state index is 11.2. The molecule has 0 saturated carbocycles. The van der Waals surface area contributed by atoms with Gasteiger partial charge in [0, 0.05) is 19.5 Å². The molecule has 0 aliphatic rings. The Morgan fingerprint density at radius 3 is 2.31 bits per heavy atom. The molecule has 4 N–H and O–H groups in total. The number of hydrogen-bond donors (Lipinski definition) is 3. The standard InChI is InChI=1S/C11H22N2O3/c1-11(2,3)6-8(10(15)16)7-13-9(14)4-5-12/h8H,4-7,12H2,1-3H3,(H,13,14)(H,15,16). The monoisotopic (exact) mass is 230 g/mol. The molecular weight excluding hydrogens is 208 g/mol. The van der Waals surface area contributed by atoms with E-state index in [1.54, 1.807) is 0 Å². The van der Waals surface area contributed by atoms with Gasteiger partial charge in [0.2, 0.25) is 5.91 Å². The molecule has 16 heavy (non-hydrogen) atoms. The summed E-state index contributed by atoms with van der Waals surface area (Å²) in [6.07, 6.45) is 0.771. The number of nitrogens with two attached hydrogens (primary N) is 1. The van der Waals surface area contributed by atoms with Gasteiger partial charge < -0.3 is 16.2 Å². The van der Waals surface area contributed by atoms with Gasteiger partial charge in [0.1, 0.15) is 0 Å². The number of hydrogen-bond acceptors (Lipinski definition) is 3. The fourth-order valence-electron chi connectivity index (χ4n) is 1.44. The van der Waals surface area contributed by atoms with Gasteiger partial charge in [0.15, 0.2) is 0 Å². The first-order chi connectivity index (χ1) is 7.26. The molecule has 0 bridgehead atoms. The largest absolute Gasteiger partial charge is 0.481 e. The Hall–Kier alpha value is -1.10. The molecule has 0 aliphatic carbocycles. The Labute approximate surface area is 96.4 Å². The molecule has 1 amide bonds. The third kappa shape index (κ3) is 7.23. The third-order valence-electron chi connectivity index (χ3n) is 2.13. The minimum Gasteiger partial charge on any atom is -0.481 e. The maximum atomic E-state index is 11.2. The smallest absolute Gasteiger partial charge is 0.308 e. The number of nitrogens with one attached hydrogen (secondary N) is 1. The number of amides is 1. The van der Waals surface area contributed by atoms with Crippen LogP contribution in [0.2, 0.25) is 0 Å². The molecule has 0 saturated heterocycles. The van der Waals surface area contributed by atoms with E-state index in [2.05, 4.69) is 5.32 Å². The van der Waals surface area contributed by atoms with Crippen molar-refractivity contribution in [3.05, 3.63) is 0 Å². The van der Waals surface area contributed by atoms with Crippen LogP contribution in [-0.4, -0.2) is 30.1 Å². The first kappa shape index (κ1) is 14.9. The highest BCUT2D eigenvalue weighted by Crippen LogP contribution is 2.24. The minimum absolute atomic E-state index is 0.0678. The van der Waals surface area contributed by atoms with Crippen molar-refractivity contribution in [2.24, 2.45) is 17.1 Å². The molecule has 0 aromatic carbocycles. The van der Waals surface area contributed by atoms with E-state index in [0.717, 1.165) is 0 Å². The Balaban J connectivity index is 4.15. The van der Waals surface area contributed by atoms with Crippen molar-refractivity contribution < 1.29 is 14.7 Å². The number of aliphatic carboxylic acids is 1. The van der Waals surface area contributed by atoms with Crippen molar-refractivity contribution in [3.63, 3.8) is 0 Å². The quantitative estimate of drug-likeness (QED) is 0.622. The van der Waals surface area contributed by atoms with Crippen molar-refractivity contribution >= 4 is 11.9 Å². The summed E-state index contributed by atoms with van der Waals surface area (Å²) < 4.78 is 0. The Bertz CT molecular complexity index is 246. The SMILES string of the molecule is CC(C)(C)CC(CNC(=O)CCN)C(=O)O. The van der Waals surface area contributed by atoms with Crippen molar-refractivity contribution in [1.29, 1.82) is 0 Å². The van der Waals surface area contributed by atoms with Crippen LogP contribution in [0.15, 0.2) is 0 Å². The number of carboxylic acids is 1. The zero-order valence-electron chi connectivity index (χ0n) is 10.2. The summed E-state index contributed by atoms with van der Waals surface area (Å²) in [6.45, 7) is 6.38. The predicted octanol–water partition coefficient (Wildman–Crippen LogP) is 0.588. The summed E-state index contributed by atoms with van der Waals surface area (Å²) >= 11 is 0. The summed E-state index contributed by atoms with van der Waals surface area (Å²) in [5.74, 6) is -1.60. The zero-order chi connectivity index (χ0) is 12.8. The van der Waals surface area contributed by atoms with Gasteiger partial charge in [0.05, 0.1) is 5.92 Å². The average molecular weight is 230 g/mol. The molecule has 0 aromatic heterocycles. The second-order valence-electron chi connectivity index (χ2n) is 5.14. The molecule has 0 fully saturated rings. The summed E-state index contributed by atoms with van der Waals surface area (Å²) in [5.41, 5.74) is 5.15. The van der Waals surface area contributed by atoms with E-state index < -0.39 is 11.9 Å². The normalized spacial score (nSPS) is 13.2. The first-order valence-electron chi connectivity index (χ1n) is 5.46. The number of carboxylic acid groups (broad SMARTS) is 1. The number of carbonyl (C=O) groups excluding carboxylic acids is 1. The van der Waals surface area contributed by atoms with Gasteiger partial charge in [-0.05, 0) is 11.8 Å². The molecular formula is C11H22N2O3. The first-order valence-corrected chi connectivity index (χ1v) is 5.46. The van der Waals surface area contributed by atoms with Gasteiger partial charge in [-0.3, -0.25) is 9.59 Å². The van der Waals surface area contributed by atoms with Crippen LogP contribution in [0, 0.1) is 11.3 Å². The van der Waals surface area contributed by atoms with Crippen LogP contribution in [0.1, 0.15) is 33.6 Å². The topological polar surface area (TPSA) is 92.4 Å². The second kappa shape index (κ2) is 6.48. The minimum atomic E-state index is -0.872. The van der Waals surface area contributed by atoms with E-state index in [0.29, 0.717) is 6.42 Å². The summed E-state index contributed by atoms with van der Waals surface area (Å²) in [6, 6.07) is 0. The summed E-state index contributed by atoms with van der Waals surface area (Å²) in [5, 5.41) is 11.6. The Kier molecular flexibility index (Phi) is 6.03. The van der Waals surface area contributed by atoms with Crippen LogP contribution >= 0.6 is 0 Å². The Morgan fingerprint density at radius 1 is 1.38 bits per heavy atom. The lowest BCUT2D eigenvalue weighted by Crippen LogP contribution is -2.35. The molecule has 0 spiro atoms. The van der Waals surface area contributed by atoms with Gasteiger partial charge in [-0.15, -0.1) is 0 Å². The summed E-state index contributed by atoms with van der Waals surface area (Å²) in [7, 11) is 0. The highest BCUT2D eigenvalue weighted by atomic mass is 16.4. The summed E-state index contributed by atoms with van der Waals surface area (Å²) in [4.78, 5) is 22.1. The second-order valence-corrected chi connectivity index (χ2v) is 5.14. The molecule has 0 radical (unpaired) electrons. The maximum Gasteiger partial charge on any atom is 0.308 e. The Morgan fingerprint density at radius 2 is 1.94 bits per heavy atom. The van der Waals surface area contributed by atoms with Crippen LogP contribution in [0.5, 0.6) is 0 Å². The van der Waals surface area contributed by atoms with E-state index >= 15 is 0 Å². The fourth-order valence-corrected chi connectivity index (χ4v) is 1.44. The lowest BCUT2D eigenvalue weighted by Gasteiger charge is -2.23. The van der Waals surface area contributed by atoms with Crippen LogP contribution in [0.25, 0.3) is 0 Å². The average Bonchev–Trinajstić information content (AvgIpc) is 2.10. The number of rotatable bonds is 6. The van der Waals surface area contributed by atoms with Crippen LogP contribution in [-0.2, 0) is 9.59 Å². The molecule has 94 valence electrons. The lowest BCUT2D eigenvalue weighted by atomic mass is 9.84. The molecule has 5 heteroatoms. The molecule has 0 heterocycles.